The summed E-state index contributed by atoms with van der Waals surface area (Å²) in [5.74, 6) is -3.50. The van der Waals surface area contributed by atoms with Crippen molar-refractivity contribution in [3.8, 4) is 0 Å². The summed E-state index contributed by atoms with van der Waals surface area (Å²) >= 11 is 0. The average molecular weight is 272 g/mol. The van der Waals surface area contributed by atoms with Crippen LogP contribution in [-0.4, -0.2) is 53.6 Å². The predicted octanol–water partition coefficient (Wildman–Crippen LogP) is -0.155. The molecule has 102 valence electrons. The zero-order chi connectivity index (χ0) is 14.1. The van der Waals surface area contributed by atoms with Gasteiger partial charge in [-0.15, -0.1) is 0 Å². The minimum atomic E-state index is -4.84. The van der Waals surface area contributed by atoms with Crippen molar-refractivity contribution in [1.82, 2.24) is 0 Å². The maximum absolute atomic E-state index is 10.2. The Labute approximate surface area is 99.0 Å². The number of rotatable bonds is 6. The lowest BCUT2D eigenvalue weighted by molar-refractivity contribution is -0.143. The molecule has 3 N–H and O–H groups in total. The van der Waals surface area contributed by atoms with Crippen LogP contribution in [0.4, 0.5) is 0 Å². The number of hydrogen-bond donors (Lipinski definition) is 3. The Kier molecular flexibility index (Phi) is 9.52. The molecule has 0 spiro atoms. The van der Waals surface area contributed by atoms with Crippen molar-refractivity contribution in [3.63, 3.8) is 0 Å². The second kappa shape index (κ2) is 8.90. The number of aliphatic carboxylic acids is 2. The first-order valence-electron chi connectivity index (χ1n) is 4.65. The van der Waals surface area contributed by atoms with Crippen molar-refractivity contribution in [2.45, 2.75) is 25.5 Å². The molecule has 0 aliphatic carbocycles. The highest BCUT2D eigenvalue weighted by atomic mass is 32.2. The highest BCUT2D eigenvalue weighted by molar-refractivity contribution is 7.87. The van der Waals surface area contributed by atoms with E-state index >= 15 is 0 Å². The third-order valence-corrected chi connectivity index (χ3v) is 2.49. The van der Waals surface area contributed by atoms with E-state index in [1.807, 2.05) is 13.8 Å². The number of carboxylic acid groups (broad SMARTS) is 2. The van der Waals surface area contributed by atoms with Crippen molar-refractivity contribution in [1.29, 1.82) is 0 Å². The van der Waals surface area contributed by atoms with Crippen LogP contribution < -0.4 is 0 Å². The summed E-state index contributed by atoms with van der Waals surface area (Å²) in [6.07, 6.45) is -1.16. The minimum Gasteiger partial charge on any atom is -0.481 e. The third kappa shape index (κ3) is 11.1. The van der Waals surface area contributed by atoms with Crippen molar-refractivity contribution in [2.75, 3.05) is 13.2 Å². The fourth-order valence-corrected chi connectivity index (χ4v) is 1.29. The Balaban J connectivity index is 0. The largest absolute Gasteiger partial charge is 0.481 e. The van der Waals surface area contributed by atoms with Crippen LogP contribution in [0.2, 0.25) is 0 Å². The lowest BCUT2D eigenvalue weighted by Gasteiger charge is -2.04. The zero-order valence-electron chi connectivity index (χ0n) is 9.49. The van der Waals surface area contributed by atoms with Crippen LogP contribution in [0.15, 0.2) is 0 Å². The van der Waals surface area contributed by atoms with E-state index in [2.05, 4.69) is 0 Å². The van der Waals surface area contributed by atoms with Crippen LogP contribution in [-0.2, 0) is 24.4 Å². The van der Waals surface area contributed by atoms with Gasteiger partial charge in [-0.3, -0.25) is 14.1 Å². The molecule has 1 atom stereocenters. The molecular weight excluding hydrogens is 256 g/mol. The van der Waals surface area contributed by atoms with E-state index in [4.69, 9.17) is 19.5 Å². The van der Waals surface area contributed by atoms with E-state index in [1.165, 1.54) is 0 Å². The van der Waals surface area contributed by atoms with Crippen LogP contribution in [0.1, 0.15) is 20.3 Å². The van der Waals surface area contributed by atoms with Gasteiger partial charge in [0.25, 0.3) is 10.1 Å². The minimum absolute atomic E-state index is 0.844. The number of carboxylic acids is 2. The molecule has 0 saturated heterocycles. The lowest BCUT2D eigenvalue weighted by Crippen LogP contribution is -2.31. The van der Waals surface area contributed by atoms with E-state index in [0.717, 1.165) is 13.2 Å². The van der Waals surface area contributed by atoms with Gasteiger partial charge in [-0.05, 0) is 13.8 Å². The van der Waals surface area contributed by atoms with Gasteiger partial charge in [-0.25, -0.2) is 0 Å². The van der Waals surface area contributed by atoms with Crippen LogP contribution in [0.25, 0.3) is 0 Å². The molecule has 0 rings (SSSR count). The molecule has 0 aromatic heterocycles. The second-order valence-electron chi connectivity index (χ2n) is 2.72. The number of carbonyl (C=O) groups is 2. The fourth-order valence-electron chi connectivity index (χ4n) is 0.683. The van der Waals surface area contributed by atoms with E-state index in [0.29, 0.717) is 0 Å². The van der Waals surface area contributed by atoms with Gasteiger partial charge in [0.2, 0.25) is 0 Å². The molecule has 0 bridgehead atoms. The van der Waals surface area contributed by atoms with Gasteiger partial charge in [-0.2, -0.15) is 8.42 Å². The summed E-state index contributed by atoms with van der Waals surface area (Å²) in [5, 5.41) is 13.9. The van der Waals surface area contributed by atoms with Gasteiger partial charge in [0.05, 0.1) is 6.42 Å². The highest BCUT2D eigenvalue weighted by Crippen LogP contribution is 2.04. The summed E-state index contributed by atoms with van der Waals surface area (Å²) in [5.41, 5.74) is 0. The van der Waals surface area contributed by atoms with E-state index in [-0.39, 0.29) is 0 Å². The molecule has 0 heterocycles. The number of ether oxygens (including phenoxy) is 1. The highest BCUT2D eigenvalue weighted by Gasteiger charge is 2.33. The van der Waals surface area contributed by atoms with Gasteiger partial charge in [0.1, 0.15) is 0 Å². The molecule has 17 heavy (non-hydrogen) atoms. The average Bonchev–Trinajstić information content (AvgIpc) is 2.14. The van der Waals surface area contributed by atoms with Crippen molar-refractivity contribution >= 4 is 22.1 Å². The molecule has 0 radical (unpaired) electrons. The van der Waals surface area contributed by atoms with E-state index in [9.17, 15) is 18.0 Å². The standard InChI is InChI=1S/C4H6O7S.C4H10O/c5-3(6)1-2(4(7)8)12(9,10)11;1-3-5-4-2/h2H,1H2,(H,5,6)(H,7,8)(H,9,10,11);3-4H2,1-2H3. The maximum atomic E-state index is 10.2. The Morgan fingerprint density at radius 3 is 1.65 bits per heavy atom. The van der Waals surface area contributed by atoms with Crippen LogP contribution in [0.5, 0.6) is 0 Å². The summed E-state index contributed by atoms with van der Waals surface area (Å²) in [6, 6.07) is 0. The van der Waals surface area contributed by atoms with E-state index in [1.54, 1.807) is 0 Å². The van der Waals surface area contributed by atoms with Gasteiger partial charge < -0.3 is 14.9 Å². The van der Waals surface area contributed by atoms with Crippen molar-refractivity contribution in [3.05, 3.63) is 0 Å². The molecular formula is C8H16O8S. The molecule has 0 aromatic carbocycles. The molecule has 8 nitrogen and oxygen atoms in total. The Bertz CT molecular complexity index is 331. The van der Waals surface area contributed by atoms with E-state index < -0.39 is 33.7 Å². The third-order valence-electron chi connectivity index (χ3n) is 1.40. The first kappa shape index (κ1) is 18.2. The van der Waals surface area contributed by atoms with Gasteiger partial charge in [0, 0.05) is 13.2 Å². The van der Waals surface area contributed by atoms with Gasteiger partial charge in [0.15, 0.2) is 5.25 Å². The maximum Gasteiger partial charge on any atom is 0.325 e. The van der Waals surface area contributed by atoms with Crippen LogP contribution in [0, 0.1) is 0 Å². The summed E-state index contributed by atoms with van der Waals surface area (Å²) in [4.78, 5) is 20.0. The zero-order valence-corrected chi connectivity index (χ0v) is 10.3. The first-order valence-corrected chi connectivity index (χ1v) is 6.15. The summed E-state index contributed by atoms with van der Waals surface area (Å²) < 4.78 is 33.5. The normalized spacial score (nSPS) is 12.2. The molecule has 0 aromatic rings. The topological polar surface area (TPSA) is 138 Å². The molecule has 0 saturated carbocycles. The number of hydrogen-bond acceptors (Lipinski definition) is 5. The van der Waals surface area contributed by atoms with Gasteiger partial charge >= 0.3 is 11.9 Å². The second-order valence-corrected chi connectivity index (χ2v) is 4.32. The molecule has 0 aliphatic heterocycles. The molecule has 0 amide bonds. The smallest absolute Gasteiger partial charge is 0.325 e. The van der Waals surface area contributed by atoms with Crippen LogP contribution in [0.3, 0.4) is 0 Å². The molecule has 1 unspecified atom stereocenters. The lowest BCUT2D eigenvalue weighted by atomic mass is 10.3. The molecule has 0 fully saturated rings. The van der Waals surface area contributed by atoms with Crippen molar-refractivity contribution in [2.24, 2.45) is 0 Å². The predicted molar refractivity (Wildman–Crippen MR) is 57.4 cm³/mol. The van der Waals surface area contributed by atoms with Crippen molar-refractivity contribution < 1.29 is 37.5 Å². The fraction of sp³-hybridized carbons (Fsp3) is 0.750. The SMILES string of the molecule is CCOCC.O=C(O)CC(C(=O)O)S(=O)(=O)O. The quantitative estimate of drug-likeness (QED) is 0.567. The van der Waals surface area contributed by atoms with Crippen LogP contribution >= 0.6 is 0 Å². The molecule has 9 heteroatoms. The first-order chi connectivity index (χ1) is 7.66. The monoisotopic (exact) mass is 272 g/mol. The Hall–Kier alpha value is -1.19. The summed E-state index contributed by atoms with van der Waals surface area (Å²) in [7, 11) is -4.84. The summed E-state index contributed by atoms with van der Waals surface area (Å²) in [6.45, 7) is 5.67. The Morgan fingerprint density at radius 2 is 1.59 bits per heavy atom. The molecule has 0 aliphatic rings. The van der Waals surface area contributed by atoms with Gasteiger partial charge in [-0.1, -0.05) is 0 Å². The Morgan fingerprint density at radius 1 is 1.18 bits per heavy atom.